The van der Waals surface area contributed by atoms with E-state index >= 15 is 0 Å². The molecule has 0 aliphatic heterocycles. The van der Waals surface area contributed by atoms with Gasteiger partial charge in [-0.3, -0.25) is 23.4 Å². The Morgan fingerprint density at radius 1 is 0.556 bits per heavy atom. The van der Waals surface area contributed by atoms with Crippen LogP contribution in [0.15, 0.2) is 12.2 Å². The van der Waals surface area contributed by atoms with Gasteiger partial charge in [-0.15, -0.1) is 0 Å². The number of rotatable bonds is 41. The fourth-order valence-electron chi connectivity index (χ4n) is 6.08. The van der Waals surface area contributed by atoms with Crippen LogP contribution in [0, 0.1) is 0 Å². The van der Waals surface area contributed by atoms with E-state index in [1.54, 1.807) is 0 Å². The predicted octanol–water partition coefficient (Wildman–Crippen LogP) is 11.3. The third-order valence-electron chi connectivity index (χ3n) is 9.53. The highest BCUT2D eigenvalue weighted by Crippen LogP contribution is 2.43. The molecule has 0 radical (unpaired) electrons. The summed E-state index contributed by atoms with van der Waals surface area (Å²) >= 11 is 0. The lowest BCUT2D eigenvalue weighted by Crippen LogP contribution is -2.34. The third-order valence-corrected chi connectivity index (χ3v) is 10.5. The Labute approximate surface area is 328 Å². The number of nitrogens with two attached hydrogens (primary N) is 1. The molecule has 1 unspecified atom stereocenters. The summed E-state index contributed by atoms with van der Waals surface area (Å²) < 4.78 is 32.6. The Bertz CT molecular complexity index is 979. The van der Waals surface area contributed by atoms with Crippen molar-refractivity contribution in [3.63, 3.8) is 0 Å². The van der Waals surface area contributed by atoms with E-state index in [-0.39, 0.29) is 19.4 Å². The van der Waals surface area contributed by atoms with Gasteiger partial charge in [-0.25, -0.2) is 4.57 Å². The van der Waals surface area contributed by atoms with Gasteiger partial charge in [0.05, 0.1) is 13.2 Å². The van der Waals surface area contributed by atoms with E-state index in [0.717, 1.165) is 32.1 Å². The van der Waals surface area contributed by atoms with Gasteiger partial charge < -0.3 is 25.2 Å². The van der Waals surface area contributed by atoms with Crippen molar-refractivity contribution in [3.05, 3.63) is 12.2 Å². The minimum Gasteiger partial charge on any atom is -0.480 e. The molecule has 0 saturated carbocycles. The van der Waals surface area contributed by atoms with Gasteiger partial charge in [-0.2, -0.15) is 0 Å². The van der Waals surface area contributed by atoms with Crippen molar-refractivity contribution in [2.24, 2.45) is 5.73 Å². The van der Waals surface area contributed by atoms with Gasteiger partial charge in [-0.1, -0.05) is 180 Å². The minimum absolute atomic E-state index is 0.0824. The molecule has 0 saturated heterocycles. The first-order valence-electron chi connectivity index (χ1n) is 21.7. The number of esters is 2. The van der Waals surface area contributed by atoms with Crippen molar-refractivity contribution in [1.29, 1.82) is 0 Å². The molecule has 0 aromatic rings. The number of ether oxygens (including phenoxy) is 2. The Morgan fingerprint density at radius 3 is 1.43 bits per heavy atom. The van der Waals surface area contributed by atoms with E-state index in [1.165, 1.54) is 135 Å². The molecule has 0 aliphatic rings. The molecule has 0 amide bonds. The molecule has 0 spiro atoms. The van der Waals surface area contributed by atoms with Crippen molar-refractivity contribution >= 4 is 25.7 Å². The lowest BCUT2D eigenvalue weighted by atomic mass is 10.0. The van der Waals surface area contributed by atoms with Crippen LogP contribution in [0.25, 0.3) is 0 Å². The summed E-state index contributed by atoms with van der Waals surface area (Å²) in [6.07, 6.45) is 37.2. The van der Waals surface area contributed by atoms with Crippen molar-refractivity contribution in [3.8, 4) is 0 Å². The molecular formula is C42H80NO10P. The maximum Gasteiger partial charge on any atom is 0.472 e. The Morgan fingerprint density at radius 2 is 0.963 bits per heavy atom. The van der Waals surface area contributed by atoms with Crippen LogP contribution in [0.3, 0.4) is 0 Å². The van der Waals surface area contributed by atoms with Crippen molar-refractivity contribution in [2.75, 3.05) is 19.8 Å². The Hall–Kier alpha value is -1.78. The Kier molecular flexibility index (Phi) is 36.9. The lowest BCUT2D eigenvalue weighted by molar-refractivity contribution is -0.161. The number of allylic oxidation sites excluding steroid dienone is 2. The van der Waals surface area contributed by atoms with Crippen LogP contribution in [-0.4, -0.2) is 59.9 Å². The smallest absolute Gasteiger partial charge is 0.472 e. The van der Waals surface area contributed by atoms with Crippen LogP contribution >= 0.6 is 7.82 Å². The number of hydrogen-bond acceptors (Lipinski definition) is 9. The average Bonchev–Trinajstić information content (AvgIpc) is 3.14. The molecule has 0 aliphatic carbocycles. The van der Waals surface area contributed by atoms with Crippen molar-refractivity contribution in [1.82, 2.24) is 0 Å². The van der Waals surface area contributed by atoms with Crippen molar-refractivity contribution < 1.29 is 47.5 Å². The predicted molar refractivity (Wildman–Crippen MR) is 217 cm³/mol. The Balaban J connectivity index is 4.38. The second-order valence-electron chi connectivity index (χ2n) is 14.8. The molecule has 0 bridgehead atoms. The maximum absolute atomic E-state index is 12.6. The highest BCUT2D eigenvalue weighted by Gasteiger charge is 2.28. The minimum atomic E-state index is -4.72. The van der Waals surface area contributed by atoms with E-state index < -0.39 is 51.1 Å². The van der Waals surface area contributed by atoms with Gasteiger partial charge in [0.2, 0.25) is 0 Å². The summed E-state index contributed by atoms with van der Waals surface area (Å²) in [4.78, 5) is 45.9. The quantitative estimate of drug-likeness (QED) is 0.0233. The van der Waals surface area contributed by atoms with Crippen LogP contribution in [-0.2, 0) is 37.5 Å². The van der Waals surface area contributed by atoms with Crippen molar-refractivity contribution in [2.45, 2.75) is 219 Å². The van der Waals surface area contributed by atoms with Crippen LogP contribution in [0.4, 0.5) is 0 Å². The van der Waals surface area contributed by atoms with Crippen LogP contribution in [0.5, 0.6) is 0 Å². The van der Waals surface area contributed by atoms with E-state index in [4.69, 9.17) is 24.8 Å². The summed E-state index contributed by atoms with van der Waals surface area (Å²) in [5.74, 6) is -2.43. The molecule has 0 aromatic heterocycles. The number of aliphatic carboxylic acids is 1. The number of carboxylic acids is 1. The average molecular weight is 790 g/mol. The molecule has 54 heavy (non-hydrogen) atoms. The topological polar surface area (TPSA) is 172 Å². The first-order chi connectivity index (χ1) is 26.1. The molecular weight excluding hydrogens is 709 g/mol. The molecule has 318 valence electrons. The number of phosphoric ester groups is 1. The molecule has 3 atom stereocenters. The molecule has 12 heteroatoms. The zero-order valence-corrected chi connectivity index (χ0v) is 35.2. The number of carbonyl (C=O) groups excluding carboxylic acids is 2. The van der Waals surface area contributed by atoms with Gasteiger partial charge in [0.25, 0.3) is 0 Å². The SMILES string of the molecule is CCCCCCCCCCCCC/C=C/CCC(=O)O[C@H](COC(=O)CCCCCCCCCCCCCCCCC)COP(=O)(O)OC[C@H](N)C(=O)O. The second kappa shape index (κ2) is 38.1. The second-order valence-corrected chi connectivity index (χ2v) is 16.3. The summed E-state index contributed by atoms with van der Waals surface area (Å²) in [5.41, 5.74) is 5.33. The molecule has 0 rings (SSSR count). The highest BCUT2D eigenvalue weighted by molar-refractivity contribution is 7.47. The fraction of sp³-hybridized carbons (Fsp3) is 0.881. The number of carboxylic acid groups (broad SMARTS) is 1. The fourth-order valence-corrected chi connectivity index (χ4v) is 6.86. The maximum atomic E-state index is 12.6. The highest BCUT2D eigenvalue weighted by atomic mass is 31.2. The number of carbonyl (C=O) groups is 3. The number of unbranched alkanes of at least 4 members (excludes halogenated alkanes) is 25. The van der Waals surface area contributed by atoms with Gasteiger partial charge in [0, 0.05) is 12.8 Å². The largest absolute Gasteiger partial charge is 0.480 e. The molecule has 4 N–H and O–H groups in total. The summed E-state index contributed by atoms with van der Waals surface area (Å²) in [5, 5.41) is 8.88. The first-order valence-corrected chi connectivity index (χ1v) is 23.2. The first kappa shape index (κ1) is 52.2. The van der Waals surface area contributed by atoms with Crippen LogP contribution < -0.4 is 5.73 Å². The monoisotopic (exact) mass is 790 g/mol. The van der Waals surface area contributed by atoms with E-state index in [1.807, 2.05) is 6.08 Å². The summed E-state index contributed by atoms with van der Waals surface area (Å²) in [7, 11) is -4.72. The van der Waals surface area contributed by atoms with Gasteiger partial charge in [0.1, 0.15) is 12.6 Å². The van der Waals surface area contributed by atoms with E-state index in [0.29, 0.717) is 12.8 Å². The number of hydrogen-bond donors (Lipinski definition) is 3. The zero-order chi connectivity index (χ0) is 40.0. The normalized spacial score (nSPS) is 13.9. The molecule has 0 heterocycles. The summed E-state index contributed by atoms with van der Waals surface area (Å²) in [6.45, 7) is 2.78. The lowest BCUT2D eigenvalue weighted by Gasteiger charge is -2.20. The molecule has 11 nitrogen and oxygen atoms in total. The van der Waals surface area contributed by atoms with Gasteiger partial charge in [0.15, 0.2) is 6.10 Å². The summed E-state index contributed by atoms with van der Waals surface area (Å²) in [6, 6.07) is -1.52. The molecule has 0 aromatic carbocycles. The van der Waals surface area contributed by atoms with Gasteiger partial charge >= 0.3 is 25.7 Å². The zero-order valence-electron chi connectivity index (χ0n) is 34.3. The van der Waals surface area contributed by atoms with Gasteiger partial charge in [-0.05, 0) is 25.7 Å². The van der Waals surface area contributed by atoms with E-state index in [2.05, 4.69) is 24.4 Å². The standard InChI is InChI=1S/C42H80NO10P/c1-3-5-7-9-11-13-15-17-19-21-23-25-27-29-31-33-40(44)50-35-38(36-51-54(48,49)52-37-39(43)42(46)47)53-41(45)34-32-30-28-26-24-22-20-18-16-14-12-10-8-6-4-2/h28,30,38-39H,3-27,29,31-37,43H2,1-2H3,(H,46,47)(H,48,49)/b30-28+/t38-,39+/m1/s1. The van der Waals surface area contributed by atoms with Crippen LogP contribution in [0.2, 0.25) is 0 Å². The molecule has 0 fully saturated rings. The number of phosphoric acid groups is 1. The van der Waals surface area contributed by atoms with Crippen LogP contribution in [0.1, 0.15) is 206 Å². The van der Waals surface area contributed by atoms with E-state index in [9.17, 15) is 23.8 Å². The third kappa shape index (κ3) is 37.2.